The van der Waals surface area contributed by atoms with Gasteiger partial charge in [-0.25, -0.2) is 0 Å². The Labute approximate surface area is 163 Å². The highest BCUT2D eigenvalue weighted by Gasteiger charge is 2.36. The summed E-state index contributed by atoms with van der Waals surface area (Å²) < 4.78 is 5.49. The number of carbonyl (C=O) groups is 1. The van der Waals surface area contributed by atoms with Gasteiger partial charge in [0.15, 0.2) is 5.78 Å². The minimum atomic E-state index is 0.121. The molecule has 0 saturated carbocycles. The van der Waals surface area contributed by atoms with Crippen molar-refractivity contribution in [2.24, 2.45) is 17.8 Å². The van der Waals surface area contributed by atoms with Crippen molar-refractivity contribution >= 4 is 11.4 Å². The van der Waals surface area contributed by atoms with Crippen LogP contribution in [0.4, 0.5) is 0 Å². The second-order valence-electron chi connectivity index (χ2n) is 8.39. The van der Waals surface area contributed by atoms with E-state index in [-0.39, 0.29) is 11.7 Å². The zero-order chi connectivity index (χ0) is 19.6. The lowest BCUT2D eigenvalue weighted by Crippen LogP contribution is -2.31. The molecule has 1 saturated heterocycles. The molecule has 27 heavy (non-hydrogen) atoms. The van der Waals surface area contributed by atoms with Gasteiger partial charge in [0.25, 0.3) is 0 Å². The van der Waals surface area contributed by atoms with Gasteiger partial charge in [-0.05, 0) is 67.1 Å². The summed E-state index contributed by atoms with van der Waals surface area (Å²) >= 11 is 0. The molecule has 0 spiro atoms. The van der Waals surface area contributed by atoms with Gasteiger partial charge in [-0.2, -0.15) is 0 Å². The highest BCUT2D eigenvalue weighted by molar-refractivity contribution is 6.22. The molecule has 3 nitrogen and oxygen atoms in total. The molecule has 1 heterocycles. The number of aryl methyl sites for hydroxylation is 3. The van der Waals surface area contributed by atoms with Crippen LogP contribution in [-0.2, 0) is 22.4 Å². The fourth-order valence-electron chi connectivity index (χ4n) is 5.03. The first-order chi connectivity index (χ1) is 13.0. The van der Waals surface area contributed by atoms with E-state index in [2.05, 4.69) is 39.8 Å². The van der Waals surface area contributed by atoms with E-state index < -0.39 is 0 Å². The Kier molecular flexibility index (Phi) is 6.41. The highest BCUT2D eigenvalue weighted by Crippen LogP contribution is 2.41. The third kappa shape index (κ3) is 4.13. The molecule has 2 aliphatic rings. The van der Waals surface area contributed by atoms with E-state index in [0.717, 1.165) is 44.5 Å². The summed E-state index contributed by atoms with van der Waals surface area (Å²) in [4.78, 5) is 13.2. The van der Waals surface area contributed by atoms with Crippen LogP contribution in [0.5, 0.6) is 0 Å². The molecule has 1 fully saturated rings. The van der Waals surface area contributed by atoms with Crippen molar-refractivity contribution in [1.29, 1.82) is 0 Å². The number of Topliss-reactive ketones (excluding diaryl/α,β-unsaturated/α-hetero) is 1. The lowest BCUT2D eigenvalue weighted by Gasteiger charge is -2.35. The second-order valence-corrected chi connectivity index (χ2v) is 8.39. The quantitative estimate of drug-likeness (QED) is 0.751. The van der Waals surface area contributed by atoms with Gasteiger partial charge in [-0.1, -0.05) is 38.5 Å². The van der Waals surface area contributed by atoms with Gasteiger partial charge >= 0.3 is 0 Å². The summed E-state index contributed by atoms with van der Waals surface area (Å²) in [6.45, 7) is 10.3. The largest absolute Gasteiger partial charge is 0.512 e. The summed E-state index contributed by atoms with van der Waals surface area (Å²) in [5.74, 6) is 1.71. The molecule has 1 aliphatic carbocycles. The molecule has 1 aromatic rings. The van der Waals surface area contributed by atoms with Crippen LogP contribution in [0.25, 0.3) is 5.57 Å². The maximum atomic E-state index is 13.2. The van der Waals surface area contributed by atoms with Crippen LogP contribution in [0.3, 0.4) is 0 Å². The molecule has 1 aromatic carbocycles. The van der Waals surface area contributed by atoms with Gasteiger partial charge in [-0.15, -0.1) is 0 Å². The molecule has 1 aliphatic heterocycles. The molecule has 0 amide bonds. The number of hydrogen-bond acceptors (Lipinski definition) is 3. The lowest BCUT2D eigenvalue weighted by molar-refractivity contribution is -0.116. The van der Waals surface area contributed by atoms with Crippen molar-refractivity contribution in [2.45, 2.75) is 66.2 Å². The summed E-state index contributed by atoms with van der Waals surface area (Å²) in [6, 6.07) is 4.33. The molecule has 0 aromatic heterocycles. The average Bonchev–Trinajstić information content (AvgIpc) is 2.67. The Morgan fingerprint density at radius 3 is 2.19 bits per heavy atom. The monoisotopic (exact) mass is 370 g/mol. The molecule has 3 heteroatoms. The molecule has 1 N–H and O–H groups in total. The Balaban J connectivity index is 1.93. The molecule has 1 unspecified atom stereocenters. The number of aliphatic hydroxyl groups is 1. The van der Waals surface area contributed by atoms with Gasteiger partial charge < -0.3 is 9.84 Å². The van der Waals surface area contributed by atoms with Crippen molar-refractivity contribution in [3.05, 3.63) is 40.1 Å². The minimum absolute atomic E-state index is 0.121. The Hall–Kier alpha value is -1.61. The topological polar surface area (TPSA) is 46.5 Å². The molecule has 3 rings (SSSR count). The van der Waals surface area contributed by atoms with Gasteiger partial charge in [0.2, 0.25) is 0 Å². The number of allylic oxidation sites excluding steroid dienone is 2. The van der Waals surface area contributed by atoms with E-state index >= 15 is 0 Å². The Morgan fingerprint density at radius 1 is 1.07 bits per heavy atom. The summed E-state index contributed by atoms with van der Waals surface area (Å²) in [6.07, 6.45) is 5.06. The maximum Gasteiger partial charge on any atom is 0.167 e. The fourth-order valence-corrected chi connectivity index (χ4v) is 5.03. The smallest absolute Gasteiger partial charge is 0.167 e. The van der Waals surface area contributed by atoms with Gasteiger partial charge in [0.1, 0.15) is 5.76 Å². The van der Waals surface area contributed by atoms with E-state index in [0.29, 0.717) is 36.0 Å². The Morgan fingerprint density at radius 2 is 1.67 bits per heavy atom. The predicted molar refractivity (Wildman–Crippen MR) is 110 cm³/mol. The van der Waals surface area contributed by atoms with Gasteiger partial charge in [0.05, 0.1) is 5.57 Å². The van der Waals surface area contributed by atoms with E-state index in [1.807, 2.05) is 0 Å². The van der Waals surface area contributed by atoms with Crippen LogP contribution in [0, 0.1) is 24.7 Å². The van der Waals surface area contributed by atoms with E-state index in [4.69, 9.17) is 4.74 Å². The normalized spacial score (nSPS) is 23.0. The summed E-state index contributed by atoms with van der Waals surface area (Å²) in [5, 5.41) is 11.0. The average molecular weight is 371 g/mol. The van der Waals surface area contributed by atoms with Crippen molar-refractivity contribution in [1.82, 2.24) is 0 Å². The summed E-state index contributed by atoms with van der Waals surface area (Å²) in [5.41, 5.74) is 5.18. The van der Waals surface area contributed by atoms with Crippen LogP contribution < -0.4 is 0 Å². The van der Waals surface area contributed by atoms with E-state index in [1.54, 1.807) is 0 Å². The molecule has 148 valence electrons. The zero-order valence-corrected chi connectivity index (χ0v) is 17.3. The van der Waals surface area contributed by atoms with E-state index in [9.17, 15) is 9.90 Å². The molecular weight excluding hydrogens is 336 g/mol. The third-order valence-corrected chi connectivity index (χ3v) is 6.68. The Bertz CT molecular complexity index is 700. The third-order valence-electron chi connectivity index (χ3n) is 6.68. The van der Waals surface area contributed by atoms with Crippen LogP contribution in [0.1, 0.15) is 68.7 Å². The number of aliphatic hydroxyl groups excluding tert-OH is 1. The number of hydrogen-bond donors (Lipinski definition) is 1. The number of carbonyl (C=O) groups excluding carboxylic acids is 1. The second kappa shape index (κ2) is 8.60. The van der Waals surface area contributed by atoms with Crippen LogP contribution in [0.2, 0.25) is 0 Å². The van der Waals surface area contributed by atoms with Crippen molar-refractivity contribution in [3.63, 3.8) is 0 Å². The number of rotatable bonds is 5. The SMILES string of the molecule is CCc1cc(C)cc(CC)c1C1=C(O)C[C@H](C(C)C2CCOCC2)CC1=O. The lowest BCUT2D eigenvalue weighted by atomic mass is 9.71. The minimum Gasteiger partial charge on any atom is -0.512 e. The van der Waals surface area contributed by atoms with Crippen molar-refractivity contribution in [3.8, 4) is 0 Å². The van der Waals surface area contributed by atoms with E-state index in [1.165, 1.54) is 16.7 Å². The van der Waals surface area contributed by atoms with Crippen LogP contribution >= 0.6 is 0 Å². The number of benzene rings is 1. The highest BCUT2D eigenvalue weighted by atomic mass is 16.5. The molecule has 2 atom stereocenters. The maximum absolute atomic E-state index is 13.2. The summed E-state index contributed by atoms with van der Waals surface area (Å²) in [7, 11) is 0. The number of ketones is 1. The van der Waals surface area contributed by atoms with Gasteiger partial charge in [-0.3, -0.25) is 4.79 Å². The fraction of sp³-hybridized carbons (Fsp3) is 0.625. The van der Waals surface area contributed by atoms with Crippen molar-refractivity contribution < 1.29 is 14.6 Å². The molecular formula is C24H34O3. The first-order valence-electron chi connectivity index (χ1n) is 10.6. The molecule has 0 bridgehead atoms. The van der Waals surface area contributed by atoms with Gasteiger partial charge in [0, 0.05) is 26.1 Å². The van der Waals surface area contributed by atoms with Crippen LogP contribution in [-0.4, -0.2) is 24.1 Å². The van der Waals surface area contributed by atoms with Crippen LogP contribution in [0.15, 0.2) is 17.9 Å². The number of ether oxygens (including phenoxy) is 1. The van der Waals surface area contributed by atoms with Crippen molar-refractivity contribution in [2.75, 3.05) is 13.2 Å². The zero-order valence-electron chi connectivity index (χ0n) is 17.3. The molecule has 0 radical (unpaired) electrons. The predicted octanol–water partition coefficient (Wildman–Crippen LogP) is 5.43. The first-order valence-corrected chi connectivity index (χ1v) is 10.6. The first kappa shape index (κ1) is 20.1. The standard InChI is InChI=1S/C24H34O3/c1-5-17-11-15(3)12-18(6-2)23(17)24-21(25)13-20(14-22(24)26)16(4)19-7-9-27-10-8-19/h11-12,16,19-20,25H,5-10,13-14H2,1-4H3/t16?,20-/m0/s1.